The summed E-state index contributed by atoms with van der Waals surface area (Å²) in [6, 6.07) is 6.12. The van der Waals surface area contributed by atoms with Crippen molar-refractivity contribution in [3.63, 3.8) is 0 Å². The van der Waals surface area contributed by atoms with E-state index in [1.54, 1.807) is 6.20 Å². The predicted octanol–water partition coefficient (Wildman–Crippen LogP) is 1.69. The monoisotopic (exact) mass is 190 g/mol. The lowest BCUT2D eigenvalue weighted by atomic mass is 10.2. The Balaban J connectivity index is 3.00. The maximum Gasteiger partial charge on any atom is 0.101 e. The third-order valence-electron chi connectivity index (χ3n) is 1.88. The number of aromatic nitrogens is 1. The molecule has 0 atom stereocenters. The zero-order valence-electron chi connectivity index (χ0n) is 8.33. The van der Waals surface area contributed by atoms with Gasteiger partial charge in [-0.05, 0) is 17.7 Å². The highest BCUT2D eigenvalue weighted by molar-refractivity contribution is 6.88. The van der Waals surface area contributed by atoms with E-state index in [1.807, 2.05) is 6.07 Å². The fraction of sp³-hybridized carbons (Fsp3) is 0.400. The van der Waals surface area contributed by atoms with Crippen LogP contribution in [0.5, 0.6) is 0 Å². The average Bonchev–Trinajstić information content (AvgIpc) is 2.04. The van der Waals surface area contributed by atoms with Gasteiger partial charge in [0.25, 0.3) is 0 Å². The first-order valence-corrected chi connectivity index (χ1v) is 7.86. The Morgan fingerprint density at radius 1 is 1.46 bits per heavy atom. The van der Waals surface area contributed by atoms with Gasteiger partial charge in [0.1, 0.15) is 8.07 Å². The van der Waals surface area contributed by atoms with E-state index in [4.69, 9.17) is 5.26 Å². The van der Waals surface area contributed by atoms with Crippen LogP contribution >= 0.6 is 0 Å². The Hall–Kier alpha value is -1.14. The molecule has 0 N–H and O–H groups in total. The summed E-state index contributed by atoms with van der Waals surface area (Å²) in [6.45, 7) is 6.77. The van der Waals surface area contributed by atoms with Crippen molar-refractivity contribution >= 4 is 13.4 Å². The molecule has 3 heteroatoms. The summed E-state index contributed by atoms with van der Waals surface area (Å²) in [6.07, 6.45) is 2.29. The third-order valence-corrected chi connectivity index (χ3v) is 3.69. The highest BCUT2D eigenvalue weighted by Gasteiger charge is 2.17. The minimum absolute atomic E-state index is 0.486. The molecule has 0 amide bonds. The molecule has 2 nitrogen and oxygen atoms in total. The van der Waals surface area contributed by atoms with Crippen LogP contribution in [0, 0.1) is 11.3 Å². The molecule has 0 saturated heterocycles. The van der Waals surface area contributed by atoms with E-state index in [-0.39, 0.29) is 0 Å². The Morgan fingerprint density at radius 3 is 2.69 bits per heavy atom. The van der Waals surface area contributed by atoms with Crippen LogP contribution in [-0.2, 0) is 6.42 Å². The maximum absolute atomic E-state index is 8.55. The summed E-state index contributed by atoms with van der Waals surface area (Å²) in [5, 5.41) is 9.74. The number of hydrogen-bond donors (Lipinski definition) is 0. The van der Waals surface area contributed by atoms with Crippen LogP contribution < -0.4 is 5.32 Å². The molecule has 0 spiro atoms. The van der Waals surface area contributed by atoms with Crippen molar-refractivity contribution < 1.29 is 0 Å². The molecule has 0 unspecified atom stereocenters. The van der Waals surface area contributed by atoms with Crippen LogP contribution in [0.2, 0.25) is 19.6 Å². The van der Waals surface area contributed by atoms with E-state index in [0.29, 0.717) is 6.42 Å². The number of pyridine rings is 1. The van der Waals surface area contributed by atoms with Crippen molar-refractivity contribution in [3.05, 3.63) is 23.9 Å². The second-order valence-corrected chi connectivity index (χ2v) is 9.15. The Labute approximate surface area is 80.2 Å². The van der Waals surface area contributed by atoms with Crippen LogP contribution in [-0.4, -0.2) is 13.1 Å². The topological polar surface area (TPSA) is 36.7 Å². The molecule has 13 heavy (non-hydrogen) atoms. The molecule has 0 fully saturated rings. The molecule has 1 aromatic rings. The summed E-state index contributed by atoms with van der Waals surface area (Å²) in [7, 11) is -1.31. The molecule has 0 radical (unpaired) electrons. The van der Waals surface area contributed by atoms with Crippen molar-refractivity contribution in [1.29, 1.82) is 5.26 Å². The quantitative estimate of drug-likeness (QED) is 0.665. The zero-order chi connectivity index (χ0) is 9.90. The Kier molecular flexibility index (Phi) is 2.84. The number of nitriles is 1. The summed E-state index contributed by atoms with van der Waals surface area (Å²) in [5.74, 6) is 0. The predicted molar refractivity (Wildman–Crippen MR) is 56.5 cm³/mol. The maximum atomic E-state index is 8.55. The van der Waals surface area contributed by atoms with Crippen LogP contribution in [0.4, 0.5) is 0 Å². The molecule has 0 aliphatic heterocycles. The SMILES string of the molecule is C[Si](C)(C)c1cc(CC#N)ccn1. The second kappa shape index (κ2) is 3.71. The summed E-state index contributed by atoms with van der Waals surface area (Å²) in [5.41, 5.74) is 1.08. The van der Waals surface area contributed by atoms with E-state index in [2.05, 4.69) is 36.8 Å². The fourth-order valence-electron chi connectivity index (χ4n) is 1.09. The first kappa shape index (κ1) is 9.94. The largest absolute Gasteiger partial charge is 0.266 e. The van der Waals surface area contributed by atoms with Crippen LogP contribution in [0.25, 0.3) is 0 Å². The smallest absolute Gasteiger partial charge is 0.101 e. The molecule has 0 aliphatic rings. The molecule has 1 aromatic heterocycles. The number of rotatable bonds is 2. The molecular formula is C10H14N2Si. The number of nitrogens with zero attached hydrogens (tertiary/aromatic N) is 2. The molecule has 0 bridgehead atoms. The van der Waals surface area contributed by atoms with Gasteiger partial charge in [-0.1, -0.05) is 19.6 Å². The molecule has 0 saturated carbocycles. The van der Waals surface area contributed by atoms with Gasteiger partial charge in [-0.25, -0.2) is 0 Å². The Morgan fingerprint density at radius 2 is 2.15 bits per heavy atom. The minimum atomic E-state index is -1.31. The van der Waals surface area contributed by atoms with Crippen LogP contribution in [0.15, 0.2) is 18.3 Å². The first-order valence-electron chi connectivity index (χ1n) is 4.36. The van der Waals surface area contributed by atoms with Crippen molar-refractivity contribution in [1.82, 2.24) is 4.98 Å². The van der Waals surface area contributed by atoms with Crippen molar-refractivity contribution in [2.75, 3.05) is 0 Å². The van der Waals surface area contributed by atoms with E-state index < -0.39 is 8.07 Å². The van der Waals surface area contributed by atoms with Gasteiger partial charge < -0.3 is 0 Å². The van der Waals surface area contributed by atoms with E-state index in [0.717, 1.165) is 5.56 Å². The minimum Gasteiger partial charge on any atom is -0.266 e. The van der Waals surface area contributed by atoms with E-state index in [9.17, 15) is 0 Å². The van der Waals surface area contributed by atoms with Gasteiger partial charge in [0, 0.05) is 11.5 Å². The van der Waals surface area contributed by atoms with Gasteiger partial charge in [0.15, 0.2) is 0 Å². The molecule has 0 aromatic carbocycles. The first-order chi connectivity index (χ1) is 6.04. The average molecular weight is 190 g/mol. The summed E-state index contributed by atoms with van der Waals surface area (Å²) in [4.78, 5) is 4.35. The summed E-state index contributed by atoms with van der Waals surface area (Å²) < 4.78 is 0. The molecule has 0 aliphatic carbocycles. The van der Waals surface area contributed by atoms with Crippen molar-refractivity contribution in [2.24, 2.45) is 0 Å². The highest BCUT2D eigenvalue weighted by atomic mass is 28.3. The van der Waals surface area contributed by atoms with Crippen molar-refractivity contribution in [2.45, 2.75) is 26.1 Å². The van der Waals surface area contributed by atoms with Crippen molar-refractivity contribution in [3.8, 4) is 6.07 Å². The fourth-order valence-corrected chi connectivity index (χ4v) is 2.17. The van der Waals surface area contributed by atoms with Crippen LogP contribution in [0.1, 0.15) is 5.56 Å². The van der Waals surface area contributed by atoms with E-state index in [1.165, 1.54) is 5.32 Å². The molecule has 1 rings (SSSR count). The summed E-state index contributed by atoms with van der Waals surface area (Å²) >= 11 is 0. The van der Waals surface area contributed by atoms with Crippen LogP contribution in [0.3, 0.4) is 0 Å². The standard InChI is InChI=1S/C10H14N2Si/c1-13(2,3)10-8-9(4-6-11)5-7-12-10/h5,7-8H,4H2,1-3H3. The van der Waals surface area contributed by atoms with Gasteiger partial charge in [-0.3, -0.25) is 4.98 Å². The lowest BCUT2D eigenvalue weighted by Gasteiger charge is -2.15. The van der Waals surface area contributed by atoms with Gasteiger partial charge in [0.2, 0.25) is 0 Å². The second-order valence-electron chi connectivity index (χ2n) is 4.13. The molecule has 1 heterocycles. The number of hydrogen-bond acceptors (Lipinski definition) is 2. The Bertz CT molecular complexity index is 334. The molecular weight excluding hydrogens is 176 g/mol. The lowest BCUT2D eigenvalue weighted by molar-refractivity contribution is 1.23. The van der Waals surface area contributed by atoms with Gasteiger partial charge >= 0.3 is 0 Å². The zero-order valence-corrected chi connectivity index (χ0v) is 9.33. The van der Waals surface area contributed by atoms with Gasteiger partial charge in [-0.2, -0.15) is 5.26 Å². The van der Waals surface area contributed by atoms with Gasteiger partial charge in [0.05, 0.1) is 12.5 Å². The molecule has 68 valence electrons. The van der Waals surface area contributed by atoms with E-state index >= 15 is 0 Å². The van der Waals surface area contributed by atoms with Gasteiger partial charge in [-0.15, -0.1) is 0 Å². The highest BCUT2D eigenvalue weighted by Crippen LogP contribution is 2.02. The lowest BCUT2D eigenvalue weighted by Crippen LogP contribution is -2.40. The third kappa shape index (κ3) is 2.67. The normalized spacial score (nSPS) is 10.9.